The van der Waals surface area contributed by atoms with E-state index in [1.165, 1.54) is 0 Å². The lowest BCUT2D eigenvalue weighted by Gasteiger charge is -2.17. The summed E-state index contributed by atoms with van der Waals surface area (Å²) in [4.78, 5) is 8.83. The van der Waals surface area contributed by atoms with Crippen LogP contribution >= 0.6 is 0 Å². The van der Waals surface area contributed by atoms with Crippen molar-refractivity contribution in [2.45, 2.75) is 25.5 Å². The van der Waals surface area contributed by atoms with Gasteiger partial charge in [0.1, 0.15) is 17.7 Å². The molecule has 3 rings (SSSR count). The lowest BCUT2D eigenvalue weighted by Crippen LogP contribution is -2.19. The first kappa shape index (κ1) is 15.2. The van der Waals surface area contributed by atoms with Gasteiger partial charge in [0.05, 0.1) is 6.26 Å². The summed E-state index contributed by atoms with van der Waals surface area (Å²) in [5.41, 5.74) is 0.972. The normalized spacial score (nSPS) is 13.5. The number of rotatable bonds is 6. The number of nitrogens with zero attached hydrogens (tertiary/aromatic N) is 2. The van der Waals surface area contributed by atoms with Crippen LogP contribution < -0.4 is 5.32 Å². The zero-order chi connectivity index (χ0) is 16.1. The first-order valence-electron chi connectivity index (χ1n) is 7.59. The van der Waals surface area contributed by atoms with Gasteiger partial charge in [-0.05, 0) is 25.1 Å². The maximum absolute atomic E-state index is 10.1. The van der Waals surface area contributed by atoms with E-state index >= 15 is 0 Å². The highest BCUT2D eigenvalue weighted by Crippen LogP contribution is 2.21. The third kappa shape index (κ3) is 3.96. The van der Waals surface area contributed by atoms with Gasteiger partial charge in [-0.2, -0.15) is 0 Å². The topological polar surface area (TPSA) is 71.2 Å². The van der Waals surface area contributed by atoms with Crippen molar-refractivity contribution in [2.75, 3.05) is 5.32 Å². The molecule has 0 radical (unpaired) electrons. The molecule has 0 bridgehead atoms. The summed E-state index contributed by atoms with van der Waals surface area (Å²) in [6.07, 6.45) is 3.18. The van der Waals surface area contributed by atoms with E-state index in [0.717, 1.165) is 11.4 Å². The Balaban J connectivity index is 1.66. The molecule has 118 valence electrons. The summed E-state index contributed by atoms with van der Waals surface area (Å²) >= 11 is 0. The van der Waals surface area contributed by atoms with Crippen molar-refractivity contribution in [1.29, 1.82) is 0 Å². The van der Waals surface area contributed by atoms with E-state index in [-0.39, 0.29) is 6.04 Å². The lowest BCUT2D eigenvalue weighted by molar-refractivity contribution is 0.136. The zero-order valence-electron chi connectivity index (χ0n) is 12.9. The van der Waals surface area contributed by atoms with Crippen LogP contribution in [0.15, 0.2) is 65.4 Å². The molecule has 0 saturated carbocycles. The molecule has 3 aromatic rings. The largest absolute Gasteiger partial charge is 0.467 e. The molecule has 2 aromatic heterocycles. The SMILES string of the molecule is C[C@H](C[C@@H](O)c1ccco1)Nc1ccnc(-c2ccccc2)n1. The molecule has 5 nitrogen and oxygen atoms in total. The van der Waals surface area contributed by atoms with E-state index in [1.54, 1.807) is 24.6 Å². The first-order valence-corrected chi connectivity index (χ1v) is 7.59. The smallest absolute Gasteiger partial charge is 0.161 e. The third-order valence-electron chi connectivity index (χ3n) is 3.53. The summed E-state index contributed by atoms with van der Waals surface area (Å²) < 4.78 is 5.22. The van der Waals surface area contributed by atoms with Gasteiger partial charge in [0.2, 0.25) is 0 Å². The molecule has 0 aliphatic carbocycles. The molecule has 0 fully saturated rings. The Morgan fingerprint density at radius 1 is 1.13 bits per heavy atom. The number of anilines is 1. The zero-order valence-corrected chi connectivity index (χ0v) is 12.9. The van der Waals surface area contributed by atoms with Gasteiger partial charge in [-0.25, -0.2) is 9.97 Å². The number of furan rings is 1. The Hall–Kier alpha value is -2.66. The van der Waals surface area contributed by atoms with Crippen LogP contribution in [-0.2, 0) is 0 Å². The summed E-state index contributed by atoms with van der Waals surface area (Å²) in [5.74, 6) is 1.98. The van der Waals surface area contributed by atoms with Gasteiger partial charge in [0.25, 0.3) is 0 Å². The quantitative estimate of drug-likeness (QED) is 0.727. The minimum Gasteiger partial charge on any atom is -0.467 e. The Bertz CT molecular complexity index is 729. The van der Waals surface area contributed by atoms with E-state index in [9.17, 15) is 5.11 Å². The minimum absolute atomic E-state index is 0.0358. The second kappa shape index (κ2) is 7.07. The van der Waals surface area contributed by atoms with E-state index in [0.29, 0.717) is 18.0 Å². The van der Waals surface area contributed by atoms with Crippen molar-refractivity contribution < 1.29 is 9.52 Å². The fraction of sp³-hybridized carbons (Fsp3) is 0.222. The number of nitrogens with one attached hydrogen (secondary N) is 1. The van der Waals surface area contributed by atoms with Crippen molar-refractivity contribution in [3.8, 4) is 11.4 Å². The van der Waals surface area contributed by atoms with E-state index < -0.39 is 6.10 Å². The predicted molar refractivity (Wildman–Crippen MR) is 88.8 cm³/mol. The van der Waals surface area contributed by atoms with Gasteiger partial charge >= 0.3 is 0 Å². The maximum atomic E-state index is 10.1. The molecule has 23 heavy (non-hydrogen) atoms. The molecule has 2 N–H and O–H groups in total. The van der Waals surface area contributed by atoms with Crippen molar-refractivity contribution in [3.63, 3.8) is 0 Å². The summed E-state index contributed by atoms with van der Waals surface area (Å²) in [6, 6.07) is 15.2. The number of hydrogen-bond acceptors (Lipinski definition) is 5. The van der Waals surface area contributed by atoms with Gasteiger partial charge in [-0.15, -0.1) is 0 Å². The van der Waals surface area contributed by atoms with Gasteiger partial charge < -0.3 is 14.8 Å². The Kier molecular flexibility index (Phi) is 4.68. The number of aliphatic hydroxyl groups is 1. The van der Waals surface area contributed by atoms with Crippen LogP contribution in [0.1, 0.15) is 25.2 Å². The van der Waals surface area contributed by atoms with Crippen molar-refractivity contribution in [1.82, 2.24) is 9.97 Å². The Morgan fingerprint density at radius 3 is 2.70 bits per heavy atom. The van der Waals surface area contributed by atoms with Crippen LogP contribution in [0, 0.1) is 0 Å². The molecule has 0 aliphatic rings. The third-order valence-corrected chi connectivity index (χ3v) is 3.53. The van der Waals surface area contributed by atoms with Crippen LogP contribution in [0.5, 0.6) is 0 Å². The summed E-state index contributed by atoms with van der Waals surface area (Å²) in [6.45, 7) is 2.00. The first-order chi connectivity index (χ1) is 11.2. The van der Waals surface area contributed by atoms with Gasteiger partial charge in [0, 0.05) is 24.2 Å². The highest BCUT2D eigenvalue weighted by atomic mass is 16.4. The molecule has 2 atom stereocenters. The predicted octanol–water partition coefficient (Wildman–Crippen LogP) is 3.66. The fourth-order valence-corrected chi connectivity index (χ4v) is 2.41. The van der Waals surface area contributed by atoms with E-state index in [2.05, 4.69) is 15.3 Å². The van der Waals surface area contributed by atoms with Gasteiger partial charge in [0.15, 0.2) is 5.82 Å². The molecule has 0 unspecified atom stereocenters. The fourth-order valence-electron chi connectivity index (χ4n) is 2.41. The highest BCUT2D eigenvalue weighted by Gasteiger charge is 2.15. The molecule has 0 amide bonds. The van der Waals surface area contributed by atoms with E-state index in [1.807, 2.05) is 43.3 Å². The molecule has 2 heterocycles. The standard InChI is InChI=1S/C18H19N3O2/c1-13(12-15(22)16-8-5-11-23-16)20-17-9-10-19-18(21-17)14-6-3-2-4-7-14/h2-11,13,15,22H,12H2,1H3,(H,19,20,21)/t13-,15-/m1/s1. The van der Waals surface area contributed by atoms with Crippen molar-refractivity contribution in [2.24, 2.45) is 0 Å². The molecule has 5 heteroatoms. The molecule has 0 saturated heterocycles. The second-order valence-electron chi connectivity index (χ2n) is 5.44. The highest BCUT2D eigenvalue weighted by molar-refractivity contribution is 5.56. The monoisotopic (exact) mass is 309 g/mol. The Labute approximate surface area is 135 Å². The number of aliphatic hydroxyl groups excluding tert-OH is 1. The summed E-state index contributed by atoms with van der Waals surface area (Å²) in [7, 11) is 0. The molecule has 1 aromatic carbocycles. The summed E-state index contributed by atoms with van der Waals surface area (Å²) in [5, 5.41) is 13.4. The average molecular weight is 309 g/mol. The molecule has 0 aliphatic heterocycles. The van der Waals surface area contributed by atoms with Gasteiger partial charge in [-0.3, -0.25) is 0 Å². The lowest BCUT2D eigenvalue weighted by atomic mass is 10.1. The Morgan fingerprint density at radius 2 is 1.96 bits per heavy atom. The maximum Gasteiger partial charge on any atom is 0.161 e. The molecular weight excluding hydrogens is 290 g/mol. The number of hydrogen-bond donors (Lipinski definition) is 2. The average Bonchev–Trinajstić information content (AvgIpc) is 3.10. The van der Waals surface area contributed by atoms with Crippen molar-refractivity contribution >= 4 is 5.82 Å². The molecular formula is C18H19N3O2. The van der Waals surface area contributed by atoms with Crippen LogP contribution in [0.3, 0.4) is 0 Å². The van der Waals surface area contributed by atoms with Crippen LogP contribution in [0.2, 0.25) is 0 Å². The van der Waals surface area contributed by atoms with E-state index in [4.69, 9.17) is 4.42 Å². The van der Waals surface area contributed by atoms with Crippen LogP contribution in [0.4, 0.5) is 5.82 Å². The molecule has 0 spiro atoms. The van der Waals surface area contributed by atoms with Crippen LogP contribution in [0.25, 0.3) is 11.4 Å². The van der Waals surface area contributed by atoms with Crippen molar-refractivity contribution in [3.05, 3.63) is 66.8 Å². The number of aromatic nitrogens is 2. The van der Waals surface area contributed by atoms with Gasteiger partial charge in [-0.1, -0.05) is 30.3 Å². The van der Waals surface area contributed by atoms with Crippen LogP contribution in [-0.4, -0.2) is 21.1 Å². The minimum atomic E-state index is -0.636. The second-order valence-corrected chi connectivity index (χ2v) is 5.44. The number of benzene rings is 1.